The molecule has 132 valence electrons. The van der Waals surface area contributed by atoms with Crippen LogP contribution in [-0.4, -0.2) is 42.1 Å². The molecule has 1 spiro atoms. The second-order valence-electron chi connectivity index (χ2n) is 7.25. The van der Waals surface area contributed by atoms with Crippen molar-refractivity contribution in [2.24, 2.45) is 0 Å². The first-order valence-corrected chi connectivity index (χ1v) is 9.87. The fourth-order valence-corrected chi connectivity index (χ4v) is 4.66. The van der Waals surface area contributed by atoms with Crippen molar-refractivity contribution in [3.63, 3.8) is 0 Å². The molecule has 0 saturated carbocycles. The van der Waals surface area contributed by atoms with Crippen LogP contribution >= 0.6 is 11.3 Å². The van der Waals surface area contributed by atoms with Crippen molar-refractivity contribution < 1.29 is 9.53 Å². The lowest BCUT2D eigenvalue weighted by molar-refractivity contribution is -0.0447. The van der Waals surface area contributed by atoms with Gasteiger partial charge in [0.05, 0.1) is 30.4 Å². The van der Waals surface area contributed by atoms with Gasteiger partial charge in [0.1, 0.15) is 0 Å². The van der Waals surface area contributed by atoms with Crippen LogP contribution in [0.15, 0.2) is 41.1 Å². The number of anilines is 1. The Balaban J connectivity index is 1.41. The summed E-state index contributed by atoms with van der Waals surface area (Å²) in [6.07, 6.45) is 2.99. The molecule has 2 aromatic rings. The van der Waals surface area contributed by atoms with Crippen molar-refractivity contribution in [2.75, 3.05) is 25.0 Å². The van der Waals surface area contributed by atoms with E-state index >= 15 is 0 Å². The third-order valence-corrected chi connectivity index (χ3v) is 5.88. The zero-order chi connectivity index (χ0) is 17.3. The molecule has 0 radical (unpaired) electrons. The maximum Gasteiger partial charge on any atom is 0.254 e. The molecular weight excluding hydrogens is 332 g/mol. The van der Waals surface area contributed by atoms with Gasteiger partial charge in [0.25, 0.3) is 5.91 Å². The lowest BCUT2D eigenvalue weighted by Gasteiger charge is -2.39. The molecule has 0 unspecified atom stereocenters. The summed E-state index contributed by atoms with van der Waals surface area (Å²) in [4.78, 5) is 14.6. The van der Waals surface area contributed by atoms with Crippen molar-refractivity contribution >= 4 is 22.9 Å². The number of likely N-dealkylation sites (tertiary alicyclic amines) is 1. The number of thiophene rings is 1. The van der Waals surface area contributed by atoms with E-state index in [0.29, 0.717) is 19.2 Å². The molecule has 25 heavy (non-hydrogen) atoms. The van der Waals surface area contributed by atoms with Crippen LogP contribution in [0.2, 0.25) is 0 Å². The van der Waals surface area contributed by atoms with E-state index in [1.165, 1.54) is 5.56 Å². The summed E-state index contributed by atoms with van der Waals surface area (Å²) in [5.41, 5.74) is 3.01. The Morgan fingerprint density at radius 1 is 1.40 bits per heavy atom. The maximum absolute atomic E-state index is 12.7. The Kier molecular flexibility index (Phi) is 4.52. The molecule has 1 aromatic carbocycles. The monoisotopic (exact) mass is 356 g/mol. The second-order valence-corrected chi connectivity index (χ2v) is 8.03. The Hall–Kier alpha value is -1.85. The van der Waals surface area contributed by atoms with Crippen molar-refractivity contribution in [3.05, 3.63) is 52.2 Å². The summed E-state index contributed by atoms with van der Waals surface area (Å²) in [6.45, 7) is 4.34. The highest BCUT2D eigenvalue weighted by Crippen LogP contribution is 2.36. The molecule has 1 aromatic heterocycles. The number of amides is 1. The number of hydrogen-bond donors (Lipinski definition) is 1. The van der Waals surface area contributed by atoms with Crippen LogP contribution in [0, 0.1) is 6.92 Å². The minimum Gasteiger partial charge on any atom is -0.380 e. The zero-order valence-electron chi connectivity index (χ0n) is 14.5. The van der Waals surface area contributed by atoms with Crippen LogP contribution in [-0.2, 0) is 4.74 Å². The zero-order valence-corrected chi connectivity index (χ0v) is 15.3. The summed E-state index contributed by atoms with van der Waals surface area (Å²) in [7, 11) is 0. The average Bonchev–Trinajstić information content (AvgIpc) is 3.25. The summed E-state index contributed by atoms with van der Waals surface area (Å²) in [6, 6.07) is 10.7. The van der Waals surface area contributed by atoms with Gasteiger partial charge in [-0.25, -0.2) is 0 Å². The summed E-state index contributed by atoms with van der Waals surface area (Å²) in [5, 5.41) is 7.49. The van der Waals surface area contributed by atoms with Gasteiger partial charge in [-0.15, -0.1) is 0 Å². The lowest BCUT2D eigenvalue weighted by atomic mass is 9.88. The Morgan fingerprint density at radius 3 is 3.12 bits per heavy atom. The minimum atomic E-state index is -0.189. The van der Waals surface area contributed by atoms with E-state index in [0.717, 1.165) is 37.1 Å². The largest absolute Gasteiger partial charge is 0.380 e. The molecule has 1 N–H and O–H groups in total. The fraction of sp³-hybridized carbons (Fsp3) is 0.450. The van der Waals surface area contributed by atoms with Crippen molar-refractivity contribution in [2.45, 2.75) is 37.8 Å². The number of piperidine rings is 1. The number of rotatable bonds is 3. The van der Waals surface area contributed by atoms with Crippen LogP contribution in [0.4, 0.5) is 5.69 Å². The number of ether oxygens (including phenoxy) is 1. The highest BCUT2D eigenvalue weighted by Gasteiger charge is 2.44. The maximum atomic E-state index is 12.7. The molecule has 3 heterocycles. The number of carbonyl (C=O) groups excluding carboxylic acids is 1. The van der Waals surface area contributed by atoms with Gasteiger partial charge in [-0.05, 0) is 48.9 Å². The number of carbonyl (C=O) groups is 1. The smallest absolute Gasteiger partial charge is 0.254 e. The fourth-order valence-electron chi connectivity index (χ4n) is 4.03. The van der Waals surface area contributed by atoms with E-state index in [-0.39, 0.29) is 11.5 Å². The molecule has 2 atom stereocenters. The van der Waals surface area contributed by atoms with Crippen molar-refractivity contribution in [1.29, 1.82) is 0 Å². The Morgan fingerprint density at radius 2 is 2.32 bits per heavy atom. The van der Waals surface area contributed by atoms with Crippen LogP contribution in [0.1, 0.15) is 35.2 Å². The number of benzene rings is 1. The van der Waals surface area contributed by atoms with E-state index in [2.05, 4.69) is 36.5 Å². The first-order chi connectivity index (χ1) is 12.1. The molecule has 5 heteroatoms. The Bertz CT molecular complexity index is 746. The van der Waals surface area contributed by atoms with Crippen LogP contribution in [0.5, 0.6) is 0 Å². The SMILES string of the molecule is Cc1cccc(N[C@@H]2CO[C@]3(CCCN(C(=O)c4ccsc4)C3)C2)c1. The minimum absolute atomic E-state index is 0.138. The number of hydrogen-bond acceptors (Lipinski definition) is 4. The van der Waals surface area contributed by atoms with Gasteiger partial charge in [-0.1, -0.05) is 12.1 Å². The molecule has 0 aliphatic carbocycles. The van der Waals surface area contributed by atoms with Gasteiger partial charge in [0, 0.05) is 24.0 Å². The van der Waals surface area contributed by atoms with Crippen LogP contribution in [0.3, 0.4) is 0 Å². The van der Waals surface area contributed by atoms with Crippen molar-refractivity contribution in [1.82, 2.24) is 4.90 Å². The first-order valence-electron chi connectivity index (χ1n) is 8.92. The normalized spacial score (nSPS) is 26.1. The summed E-state index contributed by atoms with van der Waals surface area (Å²) >= 11 is 1.57. The third-order valence-electron chi connectivity index (χ3n) is 5.19. The van der Waals surface area contributed by atoms with E-state index in [1.54, 1.807) is 11.3 Å². The van der Waals surface area contributed by atoms with Gasteiger partial charge in [-0.3, -0.25) is 4.79 Å². The number of nitrogens with one attached hydrogen (secondary N) is 1. The second kappa shape index (κ2) is 6.81. The molecule has 0 bridgehead atoms. The highest BCUT2D eigenvalue weighted by molar-refractivity contribution is 7.08. The molecule has 2 saturated heterocycles. The van der Waals surface area contributed by atoms with Crippen molar-refractivity contribution in [3.8, 4) is 0 Å². The lowest BCUT2D eigenvalue weighted by Crippen LogP contribution is -2.50. The van der Waals surface area contributed by atoms with Crippen LogP contribution in [0.25, 0.3) is 0 Å². The standard InChI is InChI=1S/C20H24N2O2S/c1-15-4-2-5-17(10-15)21-18-11-20(24-12-18)7-3-8-22(14-20)19(23)16-6-9-25-13-16/h2,4-6,9-10,13,18,21H,3,7-8,11-12,14H2,1H3/t18-,20+/m0/s1. The topological polar surface area (TPSA) is 41.6 Å². The van der Waals surface area contributed by atoms with Gasteiger partial charge in [-0.2, -0.15) is 11.3 Å². The van der Waals surface area contributed by atoms with Gasteiger partial charge < -0.3 is 15.0 Å². The van der Waals surface area contributed by atoms with E-state index in [1.807, 2.05) is 21.7 Å². The molecule has 2 fully saturated rings. The highest BCUT2D eigenvalue weighted by atomic mass is 32.1. The van der Waals surface area contributed by atoms with Gasteiger partial charge >= 0.3 is 0 Å². The first kappa shape index (κ1) is 16.6. The Labute approximate surface area is 152 Å². The number of nitrogens with zero attached hydrogens (tertiary/aromatic N) is 1. The summed E-state index contributed by atoms with van der Waals surface area (Å²) in [5.74, 6) is 0.138. The van der Waals surface area contributed by atoms with E-state index in [4.69, 9.17) is 4.74 Å². The molecule has 2 aliphatic rings. The number of aryl methyl sites for hydroxylation is 1. The average molecular weight is 356 g/mol. The predicted molar refractivity (Wildman–Crippen MR) is 101 cm³/mol. The molecule has 1 amide bonds. The summed E-state index contributed by atoms with van der Waals surface area (Å²) < 4.78 is 6.24. The van der Waals surface area contributed by atoms with Crippen LogP contribution < -0.4 is 5.32 Å². The quantitative estimate of drug-likeness (QED) is 0.906. The molecule has 2 aliphatic heterocycles. The van der Waals surface area contributed by atoms with E-state index in [9.17, 15) is 4.79 Å². The predicted octanol–water partition coefficient (Wildman–Crippen LogP) is 3.93. The molecular formula is C20H24N2O2S. The molecule has 4 rings (SSSR count). The third kappa shape index (κ3) is 3.58. The molecule has 4 nitrogen and oxygen atoms in total. The van der Waals surface area contributed by atoms with Gasteiger partial charge in [0.2, 0.25) is 0 Å². The van der Waals surface area contributed by atoms with Gasteiger partial charge in [0.15, 0.2) is 0 Å². The van der Waals surface area contributed by atoms with E-state index < -0.39 is 0 Å².